The number of hydrogen-bond acceptors (Lipinski definition) is 3. The summed E-state index contributed by atoms with van der Waals surface area (Å²) in [5.41, 5.74) is 7.80. The van der Waals surface area contributed by atoms with Crippen LogP contribution in [0.1, 0.15) is 12.5 Å². The maximum atomic E-state index is 12.6. The number of benzene rings is 1. The lowest BCUT2D eigenvalue weighted by Crippen LogP contribution is -2.62. The Kier molecular flexibility index (Phi) is 4.28. The molecule has 1 aliphatic heterocycles. The molecule has 2 unspecified atom stereocenters. The number of anilines is 1. The zero-order chi connectivity index (χ0) is 14.2. The van der Waals surface area contributed by atoms with Gasteiger partial charge in [-0.1, -0.05) is 15.9 Å². The topological polar surface area (TPSA) is 49.6 Å². The van der Waals surface area contributed by atoms with E-state index in [9.17, 15) is 4.79 Å². The van der Waals surface area contributed by atoms with E-state index >= 15 is 0 Å². The van der Waals surface area contributed by atoms with Crippen LogP contribution < -0.4 is 10.6 Å². The third kappa shape index (κ3) is 2.68. The minimum Gasteiger partial charge on any atom is -0.328 e. The quantitative estimate of drug-likeness (QED) is 0.901. The molecule has 1 saturated heterocycles. The van der Waals surface area contributed by atoms with Crippen LogP contribution in [0.4, 0.5) is 5.69 Å². The van der Waals surface area contributed by atoms with E-state index < -0.39 is 0 Å². The number of halogens is 1. The zero-order valence-electron chi connectivity index (χ0n) is 11.6. The van der Waals surface area contributed by atoms with Gasteiger partial charge in [0, 0.05) is 29.3 Å². The minimum absolute atomic E-state index is 0.0884. The summed E-state index contributed by atoms with van der Waals surface area (Å²) >= 11 is 3.49. The molecular weight excluding hydrogens is 306 g/mol. The molecule has 4 nitrogen and oxygen atoms in total. The maximum absolute atomic E-state index is 12.6. The van der Waals surface area contributed by atoms with E-state index in [1.165, 1.54) is 0 Å². The lowest BCUT2D eigenvalue weighted by molar-refractivity contribution is -0.125. The highest BCUT2D eigenvalue weighted by Crippen LogP contribution is 2.27. The van der Waals surface area contributed by atoms with Gasteiger partial charge in [0.15, 0.2) is 0 Å². The van der Waals surface area contributed by atoms with Crippen molar-refractivity contribution < 1.29 is 4.79 Å². The van der Waals surface area contributed by atoms with Crippen molar-refractivity contribution in [3.8, 4) is 0 Å². The van der Waals surface area contributed by atoms with Crippen molar-refractivity contribution >= 4 is 27.5 Å². The molecule has 1 aromatic carbocycles. The van der Waals surface area contributed by atoms with Gasteiger partial charge in [-0.05, 0) is 44.7 Å². The van der Waals surface area contributed by atoms with Crippen molar-refractivity contribution in [2.45, 2.75) is 25.9 Å². The van der Waals surface area contributed by atoms with Gasteiger partial charge in [0.25, 0.3) is 0 Å². The molecule has 0 spiro atoms. The van der Waals surface area contributed by atoms with Crippen LogP contribution in [0.2, 0.25) is 0 Å². The number of likely N-dealkylation sites (N-methyl/N-ethyl adjacent to an activating group) is 1. The van der Waals surface area contributed by atoms with Gasteiger partial charge < -0.3 is 10.6 Å². The molecule has 0 saturated carbocycles. The molecule has 1 aliphatic rings. The van der Waals surface area contributed by atoms with Gasteiger partial charge in [-0.2, -0.15) is 0 Å². The summed E-state index contributed by atoms with van der Waals surface area (Å²) in [6.07, 6.45) is 0. The van der Waals surface area contributed by atoms with Crippen LogP contribution in [-0.4, -0.2) is 43.0 Å². The predicted octanol–water partition coefficient (Wildman–Crippen LogP) is 1.75. The third-order valence-corrected chi connectivity index (χ3v) is 4.58. The minimum atomic E-state index is -0.222. The first-order chi connectivity index (χ1) is 8.95. The molecule has 0 radical (unpaired) electrons. The van der Waals surface area contributed by atoms with Gasteiger partial charge in [0.05, 0.1) is 0 Å². The lowest BCUT2D eigenvalue weighted by atomic mass is 10.1. The molecule has 0 aromatic heterocycles. The van der Waals surface area contributed by atoms with Crippen molar-refractivity contribution in [3.63, 3.8) is 0 Å². The summed E-state index contributed by atoms with van der Waals surface area (Å²) in [4.78, 5) is 16.5. The van der Waals surface area contributed by atoms with Crippen LogP contribution in [0.15, 0.2) is 22.7 Å². The van der Waals surface area contributed by atoms with Crippen molar-refractivity contribution in [1.29, 1.82) is 0 Å². The highest BCUT2D eigenvalue weighted by atomic mass is 79.9. The average Bonchev–Trinajstić information content (AvgIpc) is 2.33. The molecule has 5 heteroatoms. The van der Waals surface area contributed by atoms with Crippen LogP contribution in [0.5, 0.6) is 0 Å². The van der Waals surface area contributed by atoms with Crippen molar-refractivity contribution in [2.75, 3.05) is 25.0 Å². The van der Waals surface area contributed by atoms with Crippen LogP contribution in [-0.2, 0) is 4.79 Å². The van der Waals surface area contributed by atoms with E-state index in [1.807, 2.05) is 42.0 Å². The average molecular weight is 326 g/mol. The molecule has 2 rings (SSSR count). The molecule has 1 heterocycles. The highest BCUT2D eigenvalue weighted by Gasteiger charge is 2.36. The Bertz CT molecular complexity index is 492. The fourth-order valence-electron chi connectivity index (χ4n) is 2.63. The molecule has 1 aromatic rings. The summed E-state index contributed by atoms with van der Waals surface area (Å²) in [6.45, 7) is 5.29. The lowest BCUT2D eigenvalue weighted by Gasteiger charge is -2.42. The molecule has 2 N–H and O–H groups in total. The van der Waals surface area contributed by atoms with Crippen LogP contribution in [0.25, 0.3) is 0 Å². The largest absolute Gasteiger partial charge is 0.328 e. The first-order valence-electron chi connectivity index (χ1n) is 6.45. The SMILES string of the molecule is Cc1cc(N2C(=O)C(CN)N(C)CC2C)ccc1Br. The van der Waals surface area contributed by atoms with Gasteiger partial charge in [-0.3, -0.25) is 9.69 Å². The van der Waals surface area contributed by atoms with Gasteiger partial charge in [-0.25, -0.2) is 0 Å². The number of carbonyl (C=O) groups is 1. The Morgan fingerprint density at radius 2 is 2.16 bits per heavy atom. The van der Waals surface area contributed by atoms with Gasteiger partial charge >= 0.3 is 0 Å². The first-order valence-corrected chi connectivity index (χ1v) is 7.24. The van der Waals surface area contributed by atoms with E-state index in [1.54, 1.807) is 0 Å². The number of hydrogen-bond donors (Lipinski definition) is 1. The molecule has 2 atom stereocenters. The van der Waals surface area contributed by atoms with Gasteiger partial charge in [-0.15, -0.1) is 0 Å². The summed E-state index contributed by atoms with van der Waals surface area (Å²) in [5.74, 6) is 0.0884. The van der Waals surface area contributed by atoms with E-state index in [-0.39, 0.29) is 18.0 Å². The summed E-state index contributed by atoms with van der Waals surface area (Å²) < 4.78 is 1.06. The highest BCUT2D eigenvalue weighted by molar-refractivity contribution is 9.10. The Labute approximate surface area is 122 Å². The third-order valence-electron chi connectivity index (χ3n) is 3.69. The number of nitrogens with two attached hydrogens (primary N) is 1. The molecule has 1 fully saturated rings. The normalized spacial score (nSPS) is 24.9. The zero-order valence-corrected chi connectivity index (χ0v) is 13.1. The van der Waals surface area contributed by atoms with E-state index in [0.29, 0.717) is 6.54 Å². The number of piperazine rings is 1. The summed E-state index contributed by atoms with van der Waals surface area (Å²) in [7, 11) is 1.95. The molecule has 104 valence electrons. The Hall–Kier alpha value is -0.910. The van der Waals surface area contributed by atoms with Crippen LogP contribution >= 0.6 is 15.9 Å². The Balaban J connectivity index is 2.36. The summed E-state index contributed by atoms with van der Waals surface area (Å²) in [5, 5.41) is 0. The number of aryl methyl sites for hydroxylation is 1. The second-order valence-electron chi connectivity index (χ2n) is 5.18. The maximum Gasteiger partial charge on any atom is 0.245 e. The van der Waals surface area contributed by atoms with Crippen LogP contribution in [0.3, 0.4) is 0 Å². The van der Waals surface area contributed by atoms with Crippen molar-refractivity contribution in [1.82, 2.24) is 4.90 Å². The molecular formula is C14H20BrN3O. The second-order valence-corrected chi connectivity index (χ2v) is 6.04. The molecule has 0 bridgehead atoms. The van der Waals surface area contributed by atoms with Crippen molar-refractivity contribution in [2.24, 2.45) is 5.73 Å². The molecule has 1 amide bonds. The molecule has 0 aliphatic carbocycles. The predicted molar refractivity (Wildman–Crippen MR) is 81.3 cm³/mol. The van der Waals surface area contributed by atoms with Crippen molar-refractivity contribution in [3.05, 3.63) is 28.2 Å². The number of carbonyl (C=O) groups excluding carboxylic acids is 1. The number of nitrogens with zero attached hydrogens (tertiary/aromatic N) is 2. The second kappa shape index (κ2) is 5.61. The fraction of sp³-hybridized carbons (Fsp3) is 0.500. The summed E-state index contributed by atoms with van der Waals surface area (Å²) in [6, 6.07) is 5.93. The smallest absolute Gasteiger partial charge is 0.245 e. The van der Waals surface area contributed by atoms with E-state index in [2.05, 4.69) is 22.9 Å². The van der Waals surface area contributed by atoms with E-state index in [4.69, 9.17) is 5.73 Å². The Morgan fingerprint density at radius 3 is 2.74 bits per heavy atom. The Morgan fingerprint density at radius 1 is 1.47 bits per heavy atom. The first kappa shape index (κ1) is 14.5. The number of rotatable bonds is 2. The monoisotopic (exact) mass is 325 g/mol. The fourth-order valence-corrected chi connectivity index (χ4v) is 2.88. The molecule has 19 heavy (non-hydrogen) atoms. The standard InChI is InChI=1S/C14H20BrN3O/c1-9-6-11(4-5-12(9)15)18-10(2)8-17(3)13(7-16)14(18)19/h4-6,10,13H,7-8,16H2,1-3H3. The van der Waals surface area contributed by atoms with E-state index in [0.717, 1.165) is 22.3 Å². The van der Waals surface area contributed by atoms with Crippen LogP contribution in [0, 0.1) is 6.92 Å². The van der Waals surface area contributed by atoms with Gasteiger partial charge in [0.2, 0.25) is 5.91 Å². The number of amides is 1. The van der Waals surface area contributed by atoms with Gasteiger partial charge in [0.1, 0.15) is 6.04 Å².